The highest BCUT2D eigenvalue weighted by atomic mass is 32.2. The predicted octanol–water partition coefficient (Wildman–Crippen LogP) is 12.8. The van der Waals surface area contributed by atoms with Gasteiger partial charge in [-0.3, -0.25) is 14.4 Å². The molecule has 1 aliphatic heterocycles. The molecule has 0 atom stereocenters. The van der Waals surface area contributed by atoms with E-state index in [1.54, 1.807) is 47.9 Å². The Morgan fingerprint density at radius 1 is 0.731 bits per heavy atom. The van der Waals surface area contributed by atoms with Crippen LogP contribution in [0.3, 0.4) is 0 Å². The van der Waals surface area contributed by atoms with E-state index in [1.807, 2.05) is 78.3 Å². The van der Waals surface area contributed by atoms with E-state index < -0.39 is 11.9 Å². The van der Waals surface area contributed by atoms with Crippen molar-refractivity contribution in [2.45, 2.75) is 86.8 Å². The van der Waals surface area contributed by atoms with Gasteiger partial charge in [-0.1, -0.05) is 72.1 Å². The molecule has 18 heteroatoms. The zero-order chi connectivity index (χ0) is 54.8. The summed E-state index contributed by atoms with van der Waals surface area (Å²) in [5.74, 6) is 1.82. The van der Waals surface area contributed by atoms with Crippen LogP contribution >= 0.6 is 46.6 Å². The van der Waals surface area contributed by atoms with Crippen molar-refractivity contribution in [2.24, 2.45) is 11.8 Å². The lowest BCUT2D eigenvalue weighted by Crippen LogP contribution is -2.29. The van der Waals surface area contributed by atoms with E-state index in [2.05, 4.69) is 37.4 Å². The molecular formula is C60H60N2O12S4. The Morgan fingerprint density at radius 3 is 2.03 bits per heavy atom. The second-order valence-corrected chi connectivity index (χ2v) is 23.1. The number of esters is 5. The third-order valence-electron chi connectivity index (χ3n) is 12.7. The fraction of sp³-hybridized carbons (Fsp3) is 0.333. The number of hydrogen-bond donors (Lipinski definition) is 1. The van der Waals surface area contributed by atoms with Crippen LogP contribution in [0.4, 0.5) is 10.7 Å². The molecular weight excluding hydrogens is 1070 g/mol. The Hall–Kier alpha value is -6.91. The van der Waals surface area contributed by atoms with Gasteiger partial charge in [0.15, 0.2) is 0 Å². The number of ether oxygens (including phenoxy) is 7. The number of nitrogens with zero attached hydrogens (tertiary/aromatic N) is 1. The zero-order valence-electron chi connectivity index (χ0n) is 43.6. The SMILES string of the molecule is C#CC(=O)OCCCOc1ccc(CCOC(=O)C2CCC(C(=O)Oc3ccc4c(Nc5cnc(/C=C6\Sc7cc(SCC)cc(C)c7S6)s5)c(C(=O)OCCc5ccc(OCCCOC(C)=O)cc5)ccc4c3)CC2)cc1. The highest BCUT2D eigenvalue weighted by Crippen LogP contribution is 2.54. The Morgan fingerprint density at radius 2 is 1.37 bits per heavy atom. The third kappa shape index (κ3) is 16.6. The molecule has 0 amide bonds. The van der Waals surface area contributed by atoms with Crippen molar-refractivity contribution in [2.75, 3.05) is 50.7 Å². The molecule has 1 aliphatic carbocycles. The molecule has 1 aromatic heterocycles. The van der Waals surface area contributed by atoms with Crippen LogP contribution in [0.1, 0.15) is 84.4 Å². The molecule has 406 valence electrons. The average Bonchev–Trinajstić information content (AvgIpc) is 4.14. The molecule has 0 saturated heterocycles. The number of hydrogen-bond acceptors (Lipinski definition) is 18. The molecule has 0 radical (unpaired) electrons. The van der Waals surface area contributed by atoms with E-state index in [0.29, 0.717) is 99.7 Å². The molecule has 0 bridgehead atoms. The van der Waals surface area contributed by atoms with Crippen LogP contribution in [0.25, 0.3) is 16.8 Å². The minimum Gasteiger partial charge on any atom is -0.493 e. The number of terminal acetylenes is 1. The van der Waals surface area contributed by atoms with Crippen LogP contribution in [0.15, 0.2) is 116 Å². The Balaban J connectivity index is 0.869. The van der Waals surface area contributed by atoms with Crippen LogP contribution in [0.2, 0.25) is 0 Å². The molecule has 14 nitrogen and oxygen atoms in total. The first-order valence-electron chi connectivity index (χ1n) is 25.8. The molecule has 1 N–H and O–H groups in total. The second-order valence-electron chi connectivity index (χ2n) is 18.3. The maximum absolute atomic E-state index is 14.0. The number of fused-ring (bicyclic) bond motifs is 2. The maximum atomic E-state index is 14.0. The fourth-order valence-electron chi connectivity index (χ4n) is 8.68. The molecule has 5 aromatic carbocycles. The van der Waals surface area contributed by atoms with Crippen LogP contribution < -0.4 is 19.5 Å². The summed E-state index contributed by atoms with van der Waals surface area (Å²) in [6, 6.07) is 28.4. The number of aromatic nitrogens is 1. The van der Waals surface area contributed by atoms with Gasteiger partial charge in [-0.25, -0.2) is 14.6 Å². The maximum Gasteiger partial charge on any atom is 0.384 e. The molecule has 1 saturated carbocycles. The van der Waals surface area contributed by atoms with Crippen LogP contribution in [0.5, 0.6) is 17.2 Å². The number of nitrogens with one attached hydrogen (secondary N) is 1. The Labute approximate surface area is 471 Å². The normalized spacial score (nSPS) is 15.2. The highest BCUT2D eigenvalue weighted by Gasteiger charge is 2.32. The van der Waals surface area contributed by atoms with Gasteiger partial charge in [-0.15, -0.1) is 18.2 Å². The number of thiazole rings is 1. The van der Waals surface area contributed by atoms with Gasteiger partial charge in [0.2, 0.25) is 0 Å². The van der Waals surface area contributed by atoms with Crippen molar-refractivity contribution in [3.05, 3.63) is 129 Å². The molecule has 78 heavy (non-hydrogen) atoms. The van der Waals surface area contributed by atoms with E-state index in [1.165, 1.54) is 38.5 Å². The van der Waals surface area contributed by atoms with E-state index in [-0.39, 0.29) is 49.6 Å². The summed E-state index contributed by atoms with van der Waals surface area (Å²) in [4.78, 5) is 71.2. The zero-order valence-corrected chi connectivity index (χ0v) is 46.9. The first-order valence-corrected chi connectivity index (χ1v) is 29.2. The largest absolute Gasteiger partial charge is 0.493 e. The minimum absolute atomic E-state index is 0.137. The van der Waals surface area contributed by atoms with Crippen molar-refractivity contribution in [3.63, 3.8) is 0 Å². The Kier molecular flexibility index (Phi) is 21.0. The molecule has 0 unspecified atom stereocenters. The van der Waals surface area contributed by atoms with Gasteiger partial charge >= 0.3 is 29.8 Å². The molecule has 0 spiro atoms. The monoisotopic (exact) mass is 1130 g/mol. The minimum atomic E-state index is -0.696. The summed E-state index contributed by atoms with van der Waals surface area (Å²) in [5.41, 5.74) is 4.07. The van der Waals surface area contributed by atoms with Crippen LogP contribution in [0, 0.1) is 31.1 Å². The molecule has 6 aromatic rings. The van der Waals surface area contributed by atoms with Gasteiger partial charge in [-0.2, -0.15) is 0 Å². The van der Waals surface area contributed by atoms with Gasteiger partial charge in [0, 0.05) is 58.6 Å². The van der Waals surface area contributed by atoms with E-state index in [9.17, 15) is 24.0 Å². The first kappa shape index (κ1) is 57.3. The van der Waals surface area contributed by atoms with E-state index in [0.717, 1.165) is 41.9 Å². The third-order valence-corrected chi connectivity index (χ3v) is 16.9. The summed E-state index contributed by atoms with van der Waals surface area (Å²) in [7, 11) is 0. The van der Waals surface area contributed by atoms with Crippen molar-refractivity contribution in [1.82, 2.24) is 4.98 Å². The highest BCUT2D eigenvalue weighted by molar-refractivity contribution is 8.25. The molecule has 8 rings (SSSR count). The Bertz CT molecular complexity index is 3160. The molecule has 1 fully saturated rings. The number of anilines is 2. The average molecular weight is 1130 g/mol. The van der Waals surface area contributed by atoms with E-state index in [4.69, 9.17) is 44.6 Å². The predicted molar refractivity (Wildman–Crippen MR) is 306 cm³/mol. The van der Waals surface area contributed by atoms with Crippen molar-refractivity contribution in [3.8, 4) is 29.6 Å². The summed E-state index contributed by atoms with van der Waals surface area (Å²) in [6.45, 7) is 7.31. The number of carbonyl (C=O) groups is 5. The number of rotatable bonds is 25. The summed E-state index contributed by atoms with van der Waals surface area (Å²) in [5, 5.41) is 6.50. The van der Waals surface area contributed by atoms with Gasteiger partial charge in [-0.05, 0) is 127 Å². The second kappa shape index (κ2) is 28.6. The standard InChI is InChI=1S/C60H60N2O12S4/c1-5-54(64)71-30-8-29-70-46-18-9-40(10-19-46)25-31-72-58(65)42-13-15-43(16-14-42)59(66)74-47-22-24-49-44(34-47)17-23-50(60(67)73-32-26-41-11-20-45(21-12-41)69-28-7-27-68-39(4)63)56(49)62-53-37-61-52(77-53)36-55-76-51-35-48(75-6-2)33-38(3)57(51)78-55/h1,9-12,17-24,33-37,42-43,62H,6-8,13-16,25-32H2,2-4H3/b55-36+. The van der Waals surface area contributed by atoms with Gasteiger partial charge in [0.1, 0.15) is 27.3 Å². The summed E-state index contributed by atoms with van der Waals surface area (Å²) < 4.78 is 39.9. The quantitative estimate of drug-likeness (QED) is 0.0109. The number of aryl methyl sites for hydroxylation is 1. The smallest absolute Gasteiger partial charge is 0.384 e. The number of benzene rings is 5. The first-order chi connectivity index (χ1) is 37.9. The molecule has 2 heterocycles. The number of thioether (sulfide) groups is 3. The van der Waals surface area contributed by atoms with Crippen molar-refractivity contribution < 1.29 is 57.1 Å². The topological polar surface area (TPSA) is 175 Å². The molecule has 2 aliphatic rings. The summed E-state index contributed by atoms with van der Waals surface area (Å²) in [6.07, 6.45) is 13.0. The van der Waals surface area contributed by atoms with Crippen LogP contribution in [-0.4, -0.2) is 80.2 Å². The van der Waals surface area contributed by atoms with Crippen molar-refractivity contribution >= 4 is 104 Å². The lowest BCUT2D eigenvalue weighted by molar-refractivity contribution is -0.152. The van der Waals surface area contributed by atoms with E-state index >= 15 is 0 Å². The lowest BCUT2D eigenvalue weighted by atomic mass is 9.82. The van der Waals surface area contributed by atoms with Gasteiger partial charge < -0.3 is 38.5 Å². The fourth-order valence-corrected chi connectivity index (χ4v) is 13.0. The lowest BCUT2D eigenvalue weighted by Gasteiger charge is -2.26. The van der Waals surface area contributed by atoms with Crippen molar-refractivity contribution in [1.29, 1.82) is 0 Å². The van der Waals surface area contributed by atoms with Gasteiger partial charge in [0.05, 0.1) is 73.2 Å². The van der Waals surface area contributed by atoms with Gasteiger partial charge in [0.25, 0.3) is 0 Å². The van der Waals surface area contributed by atoms with Crippen LogP contribution in [-0.2, 0) is 51.0 Å². The number of carbonyl (C=O) groups excluding carboxylic acids is 5. The summed E-state index contributed by atoms with van der Waals surface area (Å²) >= 11 is 6.81.